The Morgan fingerprint density at radius 2 is 1.43 bits per heavy atom. The Morgan fingerprint density at radius 1 is 0.870 bits per heavy atom. The van der Waals surface area contributed by atoms with Gasteiger partial charge >= 0.3 is 0 Å². The standard InChI is InChI=1S/C15H12N2O.2C2H6.CH4/c18-14-10-16-15(11-6-2-1-3-7-11)12-8-4-5-9-13(12)17-14;2*1-2;/h1-9H,10H2,(H,17,18);2*1-2H3;1H4. The second-order valence-corrected chi connectivity index (χ2v) is 4.12. The van der Waals surface area contributed by atoms with Crippen LogP contribution in [0.1, 0.15) is 46.2 Å². The first-order valence-electron chi connectivity index (χ1n) is 7.84. The molecule has 0 fully saturated rings. The minimum Gasteiger partial charge on any atom is -0.324 e. The molecule has 1 aliphatic heterocycles. The molecule has 0 aromatic heterocycles. The van der Waals surface area contributed by atoms with Gasteiger partial charge in [-0.15, -0.1) is 0 Å². The zero-order chi connectivity index (χ0) is 16.4. The summed E-state index contributed by atoms with van der Waals surface area (Å²) in [7, 11) is 0. The summed E-state index contributed by atoms with van der Waals surface area (Å²) in [6.07, 6.45) is 0. The number of amides is 1. The lowest BCUT2D eigenvalue weighted by atomic mass is 10.0. The van der Waals surface area contributed by atoms with Crippen molar-refractivity contribution in [2.45, 2.75) is 35.1 Å². The zero-order valence-corrected chi connectivity index (χ0v) is 13.8. The molecule has 1 heterocycles. The summed E-state index contributed by atoms with van der Waals surface area (Å²) in [5, 5.41) is 2.87. The monoisotopic (exact) mass is 312 g/mol. The number of hydrogen-bond donors (Lipinski definition) is 1. The number of para-hydroxylation sites is 1. The van der Waals surface area contributed by atoms with Crippen molar-refractivity contribution in [1.82, 2.24) is 0 Å². The molecule has 1 aliphatic rings. The number of nitrogens with zero attached hydrogens (tertiary/aromatic N) is 1. The Labute approximate surface area is 140 Å². The van der Waals surface area contributed by atoms with E-state index in [-0.39, 0.29) is 19.9 Å². The summed E-state index contributed by atoms with van der Waals surface area (Å²) in [6, 6.07) is 17.7. The van der Waals surface area contributed by atoms with Gasteiger partial charge in [-0.05, 0) is 6.07 Å². The number of nitrogens with one attached hydrogen (secondary N) is 1. The van der Waals surface area contributed by atoms with Crippen LogP contribution in [0.2, 0.25) is 0 Å². The third kappa shape index (κ3) is 5.37. The first kappa shape index (κ1) is 20.6. The van der Waals surface area contributed by atoms with Gasteiger partial charge in [-0.2, -0.15) is 0 Å². The van der Waals surface area contributed by atoms with E-state index in [1.165, 1.54) is 0 Å². The third-order valence-corrected chi connectivity index (χ3v) is 2.88. The molecule has 3 heteroatoms. The van der Waals surface area contributed by atoms with Gasteiger partial charge in [0.25, 0.3) is 0 Å². The number of aliphatic imine (C=N–C) groups is 1. The van der Waals surface area contributed by atoms with Gasteiger partial charge in [0.1, 0.15) is 6.54 Å². The van der Waals surface area contributed by atoms with Crippen LogP contribution >= 0.6 is 0 Å². The fourth-order valence-corrected chi connectivity index (χ4v) is 2.07. The molecule has 1 N–H and O–H groups in total. The fourth-order valence-electron chi connectivity index (χ4n) is 2.07. The number of anilines is 1. The van der Waals surface area contributed by atoms with Gasteiger partial charge < -0.3 is 5.32 Å². The molecule has 0 bridgehead atoms. The highest BCUT2D eigenvalue weighted by Crippen LogP contribution is 2.22. The molecule has 1 amide bonds. The second-order valence-electron chi connectivity index (χ2n) is 4.12. The smallest absolute Gasteiger partial charge is 0.246 e. The lowest BCUT2D eigenvalue weighted by molar-refractivity contribution is -0.114. The van der Waals surface area contributed by atoms with Gasteiger partial charge in [0, 0.05) is 11.1 Å². The van der Waals surface area contributed by atoms with Crippen LogP contribution in [-0.4, -0.2) is 18.2 Å². The SMILES string of the molecule is C.CC.CC.O=C1CN=C(c2ccccc2)c2ccccc2N1. The minimum absolute atomic E-state index is 0. The Morgan fingerprint density at radius 3 is 2.09 bits per heavy atom. The molecular weight excluding hydrogens is 284 g/mol. The maximum Gasteiger partial charge on any atom is 0.246 e. The van der Waals surface area contributed by atoms with Crippen LogP contribution in [-0.2, 0) is 4.79 Å². The second kappa shape index (κ2) is 11.2. The topological polar surface area (TPSA) is 41.5 Å². The van der Waals surface area contributed by atoms with E-state index in [9.17, 15) is 4.79 Å². The molecule has 2 aromatic rings. The van der Waals surface area contributed by atoms with Crippen molar-refractivity contribution < 1.29 is 4.79 Å². The van der Waals surface area contributed by atoms with Crippen LogP contribution in [0, 0.1) is 0 Å². The molecule has 0 aliphatic carbocycles. The van der Waals surface area contributed by atoms with E-state index in [1.54, 1.807) is 0 Å². The molecule has 0 saturated heterocycles. The van der Waals surface area contributed by atoms with Crippen molar-refractivity contribution in [2.75, 3.05) is 11.9 Å². The Bertz CT molecular complexity index is 619. The molecule has 0 radical (unpaired) electrons. The average Bonchev–Trinajstić information content (AvgIpc) is 2.77. The number of hydrogen-bond acceptors (Lipinski definition) is 2. The largest absolute Gasteiger partial charge is 0.324 e. The highest BCUT2D eigenvalue weighted by atomic mass is 16.1. The maximum atomic E-state index is 11.6. The molecule has 0 atom stereocenters. The van der Waals surface area contributed by atoms with Gasteiger partial charge in [0.15, 0.2) is 0 Å². The molecule has 124 valence electrons. The van der Waals surface area contributed by atoms with E-state index in [1.807, 2.05) is 82.3 Å². The molecule has 2 aromatic carbocycles. The van der Waals surface area contributed by atoms with E-state index >= 15 is 0 Å². The highest BCUT2D eigenvalue weighted by Gasteiger charge is 2.16. The van der Waals surface area contributed by atoms with E-state index in [2.05, 4.69) is 10.3 Å². The van der Waals surface area contributed by atoms with Crippen molar-refractivity contribution >= 4 is 17.3 Å². The van der Waals surface area contributed by atoms with Crippen LogP contribution in [0.4, 0.5) is 5.69 Å². The zero-order valence-electron chi connectivity index (χ0n) is 13.8. The number of carbonyl (C=O) groups is 1. The molecular formula is C20H28N2O. The Hall–Kier alpha value is -2.42. The molecule has 0 spiro atoms. The quantitative estimate of drug-likeness (QED) is 0.776. The molecule has 3 nitrogen and oxygen atoms in total. The molecule has 0 saturated carbocycles. The van der Waals surface area contributed by atoms with Crippen molar-refractivity contribution in [3.8, 4) is 0 Å². The summed E-state index contributed by atoms with van der Waals surface area (Å²) in [6.45, 7) is 8.17. The summed E-state index contributed by atoms with van der Waals surface area (Å²) in [5.74, 6) is -0.0756. The van der Waals surface area contributed by atoms with Crippen molar-refractivity contribution in [2.24, 2.45) is 4.99 Å². The molecule has 3 rings (SSSR count). The predicted molar refractivity (Wildman–Crippen MR) is 101 cm³/mol. The van der Waals surface area contributed by atoms with Gasteiger partial charge in [-0.3, -0.25) is 9.79 Å². The number of benzodiazepines with no additional fused rings is 1. The van der Waals surface area contributed by atoms with Crippen molar-refractivity contribution in [1.29, 1.82) is 0 Å². The predicted octanol–water partition coefficient (Wildman–Crippen LogP) is 5.16. The normalized spacial score (nSPS) is 11.7. The summed E-state index contributed by atoms with van der Waals surface area (Å²) >= 11 is 0. The van der Waals surface area contributed by atoms with Crippen LogP contribution in [0.3, 0.4) is 0 Å². The highest BCUT2D eigenvalue weighted by molar-refractivity contribution is 6.19. The van der Waals surface area contributed by atoms with Gasteiger partial charge in [-0.1, -0.05) is 83.7 Å². The van der Waals surface area contributed by atoms with Gasteiger partial charge in [0.05, 0.1) is 11.4 Å². The summed E-state index contributed by atoms with van der Waals surface area (Å²) < 4.78 is 0. The number of benzene rings is 2. The van der Waals surface area contributed by atoms with E-state index in [4.69, 9.17) is 0 Å². The average molecular weight is 312 g/mol. The van der Waals surface area contributed by atoms with Crippen molar-refractivity contribution in [3.05, 3.63) is 65.7 Å². The first-order valence-corrected chi connectivity index (χ1v) is 7.84. The number of fused-ring (bicyclic) bond motifs is 1. The third-order valence-electron chi connectivity index (χ3n) is 2.88. The number of carbonyl (C=O) groups excluding carboxylic acids is 1. The first-order chi connectivity index (χ1) is 10.8. The van der Waals surface area contributed by atoms with Crippen LogP contribution in [0.5, 0.6) is 0 Å². The fraction of sp³-hybridized carbons (Fsp3) is 0.300. The van der Waals surface area contributed by atoms with Crippen LogP contribution < -0.4 is 5.32 Å². The Balaban J connectivity index is 0.000000901. The minimum atomic E-state index is -0.0756. The van der Waals surface area contributed by atoms with Crippen LogP contribution in [0.25, 0.3) is 0 Å². The molecule has 0 unspecified atom stereocenters. The van der Waals surface area contributed by atoms with E-state index < -0.39 is 0 Å². The molecule has 23 heavy (non-hydrogen) atoms. The van der Waals surface area contributed by atoms with Gasteiger partial charge in [0.2, 0.25) is 5.91 Å². The number of rotatable bonds is 1. The van der Waals surface area contributed by atoms with Gasteiger partial charge in [-0.25, -0.2) is 0 Å². The Kier molecular flexibility index (Phi) is 10.0. The van der Waals surface area contributed by atoms with Crippen molar-refractivity contribution in [3.63, 3.8) is 0 Å². The lowest BCUT2D eigenvalue weighted by Crippen LogP contribution is -2.13. The summed E-state index contributed by atoms with van der Waals surface area (Å²) in [5.41, 5.74) is 3.68. The van der Waals surface area contributed by atoms with E-state index in [0.29, 0.717) is 0 Å². The van der Waals surface area contributed by atoms with E-state index in [0.717, 1.165) is 22.5 Å². The lowest BCUT2D eigenvalue weighted by Gasteiger charge is -2.09. The summed E-state index contributed by atoms with van der Waals surface area (Å²) in [4.78, 5) is 16.0. The maximum absolute atomic E-state index is 11.6. The van der Waals surface area contributed by atoms with Crippen LogP contribution in [0.15, 0.2) is 59.6 Å².